The van der Waals surface area contributed by atoms with Gasteiger partial charge in [-0.05, 0) is 43.5 Å². The van der Waals surface area contributed by atoms with E-state index in [0.29, 0.717) is 16.8 Å². The summed E-state index contributed by atoms with van der Waals surface area (Å²) in [7, 11) is -2.16. The van der Waals surface area contributed by atoms with Gasteiger partial charge >= 0.3 is 0 Å². The molecular formula is C14H21BrN2O3S. The zero-order chi connectivity index (χ0) is 15.5. The molecule has 1 aromatic rings. The van der Waals surface area contributed by atoms with Crippen molar-refractivity contribution < 1.29 is 13.2 Å². The Morgan fingerprint density at radius 2 is 2.10 bits per heavy atom. The molecule has 0 spiro atoms. The molecule has 118 valence electrons. The molecule has 0 heterocycles. The average molecular weight is 377 g/mol. The van der Waals surface area contributed by atoms with E-state index < -0.39 is 10.0 Å². The Hall–Kier alpha value is -0.630. The number of nitrogens with one attached hydrogen (secondary N) is 1. The second kappa shape index (κ2) is 7.09. The van der Waals surface area contributed by atoms with Crippen LogP contribution in [0.15, 0.2) is 27.6 Å². The lowest BCUT2D eigenvalue weighted by atomic mass is 9.85. The van der Waals surface area contributed by atoms with Crippen molar-refractivity contribution in [1.82, 2.24) is 4.72 Å². The number of sulfonamides is 1. The summed E-state index contributed by atoms with van der Waals surface area (Å²) >= 11 is 3.30. The van der Waals surface area contributed by atoms with Crippen molar-refractivity contribution >= 4 is 26.0 Å². The maximum absolute atomic E-state index is 12.6. The SMILES string of the molecule is COc1ccc(Br)cc1S(=O)(=O)NC1CCCCC1CN. The zero-order valence-corrected chi connectivity index (χ0v) is 14.4. The number of halogens is 1. The molecule has 0 bridgehead atoms. The molecular weight excluding hydrogens is 356 g/mol. The summed E-state index contributed by atoms with van der Waals surface area (Å²) in [4.78, 5) is 0.153. The van der Waals surface area contributed by atoms with Crippen LogP contribution in [0.1, 0.15) is 25.7 Å². The zero-order valence-electron chi connectivity index (χ0n) is 12.0. The van der Waals surface area contributed by atoms with Gasteiger partial charge in [0.05, 0.1) is 7.11 Å². The second-order valence-electron chi connectivity index (χ2n) is 5.30. The fourth-order valence-corrected chi connectivity index (χ4v) is 4.82. The monoisotopic (exact) mass is 376 g/mol. The first kappa shape index (κ1) is 16.7. The van der Waals surface area contributed by atoms with E-state index in [0.717, 1.165) is 25.7 Å². The van der Waals surface area contributed by atoms with E-state index >= 15 is 0 Å². The molecule has 21 heavy (non-hydrogen) atoms. The molecule has 1 fully saturated rings. The molecule has 1 saturated carbocycles. The molecule has 0 amide bonds. The number of hydrogen-bond acceptors (Lipinski definition) is 4. The summed E-state index contributed by atoms with van der Waals surface area (Å²) in [5.41, 5.74) is 5.76. The summed E-state index contributed by atoms with van der Waals surface area (Å²) in [6, 6.07) is 4.85. The summed E-state index contributed by atoms with van der Waals surface area (Å²) in [5.74, 6) is 0.539. The highest BCUT2D eigenvalue weighted by Crippen LogP contribution is 2.30. The van der Waals surface area contributed by atoms with E-state index in [1.54, 1.807) is 18.2 Å². The molecule has 3 N–H and O–H groups in total. The topological polar surface area (TPSA) is 81.4 Å². The highest BCUT2D eigenvalue weighted by molar-refractivity contribution is 9.10. The van der Waals surface area contributed by atoms with Gasteiger partial charge in [-0.2, -0.15) is 0 Å². The van der Waals surface area contributed by atoms with Crippen LogP contribution in [0.3, 0.4) is 0 Å². The quantitative estimate of drug-likeness (QED) is 0.825. The summed E-state index contributed by atoms with van der Waals surface area (Å²) in [6.07, 6.45) is 3.94. The molecule has 0 aliphatic heterocycles. The molecule has 0 saturated heterocycles. The number of methoxy groups -OCH3 is 1. The number of hydrogen-bond donors (Lipinski definition) is 2. The van der Waals surface area contributed by atoms with Crippen LogP contribution in [0.25, 0.3) is 0 Å². The Kier molecular flexibility index (Phi) is 5.65. The molecule has 2 rings (SSSR count). The molecule has 0 radical (unpaired) electrons. The fraction of sp³-hybridized carbons (Fsp3) is 0.571. The predicted octanol–water partition coefficient (Wildman–Crippen LogP) is 2.25. The van der Waals surface area contributed by atoms with E-state index in [2.05, 4.69) is 20.7 Å². The molecule has 0 aromatic heterocycles. The Morgan fingerprint density at radius 1 is 1.38 bits per heavy atom. The number of ether oxygens (including phenoxy) is 1. The van der Waals surface area contributed by atoms with Crippen LogP contribution in [0.2, 0.25) is 0 Å². The maximum Gasteiger partial charge on any atom is 0.244 e. The standard InChI is InChI=1S/C14H21BrN2O3S/c1-20-13-7-6-11(15)8-14(13)21(18,19)17-12-5-3-2-4-10(12)9-16/h6-8,10,12,17H,2-5,9,16H2,1H3. The van der Waals surface area contributed by atoms with Crippen molar-refractivity contribution in [2.45, 2.75) is 36.6 Å². The van der Waals surface area contributed by atoms with Crippen molar-refractivity contribution in [3.63, 3.8) is 0 Å². The molecule has 1 aliphatic carbocycles. The predicted molar refractivity (Wildman–Crippen MR) is 85.8 cm³/mol. The molecule has 2 atom stereocenters. The van der Waals surface area contributed by atoms with Gasteiger partial charge < -0.3 is 10.5 Å². The smallest absolute Gasteiger partial charge is 0.244 e. The first-order valence-corrected chi connectivity index (χ1v) is 9.31. The lowest BCUT2D eigenvalue weighted by molar-refractivity contribution is 0.295. The van der Waals surface area contributed by atoms with Gasteiger partial charge in [-0.3, -0.25) is 0 Å². The fourth-order valence-electron chi connectivity index (χ4n) is 2.77. The highest BCUT2D eigenvalue weighted by atomic mass is 79.9. The largest absolute Gasteiger partial charge is 0.495 e. The van der Waals surface area contributed by atoms with Gasteiger partial charge in [0.2, 0.25) is 10.0 Å². The van der Waals surface area contributed by atoms with Crippen LogP contribution < -0.4 is 15.2 Å². The number of nitrogens with two attached hydrogens (primary N) is 1. The van der Waals surface area contributed by atoms with Crippen molar-refractivity contribution in [2.75, 3.05) is 13.7 Å². The minimum absolute atomic E-state index is 0.0996. The van der Waals surface area contributed by atoms with E-state index in [1.165, 1.54) is 7.11 Å². The van der Waals surface area contributed by atoms with Gasteiger partial charge in [-0.1, -0.05) is 28.8 Å². The average Bonchev–Trinajstić information content (AvgIpc) is 2.47. The molecule has 5 nitrogen and oxygen atoms in total. The van der Waals surface area contributed by atoms with Crippen molar-refractivity contribution in [3.8, 4) is 5.75 Å². The van der Waals surface area contributed by atoms with Gasteiger partial charge in [0, 0.05) is 10.5 Å². The summed E-state index contributed by atoms with van der Waals surface area (Å²) in [6.45, 7) is 0.503. The minimum Gasteiger partial charge on any atom is -0.495 e. The lowest BCUT2D eigenvalue weighted by Crippen LogP contribution is -2.44. The van der Waals surface area contributed by atoms with Crippen molar-refractivity contribution in [2.24, 2.45) is 11.7 Å². The Bertz CT molecular complexity index is 592. The second-order valence-corrected chi connectivity index (χ2v) is 7.90. The van der Waals surface area contributed by atoms with E-state index in [-0.39, 0.29) is 16.9 Å². The van der Waals surface area contributed by atoms with E-state index in [9.17, 15) is 8.42 Å². The number of benzene rings is 1. The number of rotatable bonds is 5. The third-order valence-corrected chi connectivity index (χ3v) is 5.94. The first-order chi connectivity index (χ1) is 9.97. The third-order valence-electron chi connectivity index (χ3n) is 3.93. The van der Waals surface area contributed by atoms with Crippen LogP contribution in [0.4, 0.5) is 0 Å². The first-order valence-electron chi connectivity index (χ1n) is 7.04. The maximum atomic E-state index is 12.6. The highest BCUT2D eigenvalue weighted by Gasteiger charge is 2.30. The molecule has 1 aliphatic rings. The minimum atomic E-state index is -3.63. The Morgan fingerprint density at radius 3 is 2.76 bits per heavy atom. The van der Waals surface area contributed by atoms with Gasteiger partial charge in [0.25, 0.3) is 0 Å². The van der Waals surface area contributed by atoms with Gasteiger partial charge in [-0.25, -0.2) is 13.1 Å². The van der Waals surface area contributed by atoms with Crippen LogP contribution >= 0.6 is 15.9 Å². The third kappa shape index (κ3) is 3.97. The van der Waals surface area contributed by atoms with Crippen LogP contribution in [0.5, 0.6) is 5.75 Å². The van der Waals surface area contributed by atoms with E-state index in [1.807, 2.05) is 0 Å². The van der Waals surface area contributed by atoms with Crippen molar-refractivity contribution in [3.05, 3.63) is 22.7 Å². The lowest BCUT2D eigenvalue weighted by Gasteiger charge is -2.31. The van der Waals surface area contributed by atoms with Crippen molar-refractivity contribution in [1.29, 1.82) is 0 Å². The molecule has 7 heteroatoms. The van der Waals surface area contributed by atoms with Gasteiger partial charge in [-0.15, -0.1) is 0 Å². The Labute approximate surface area is 134 Å². The Balaban J connectivity index is 2.27. The van der Waals surface area contributed by atoms with Crippen LogP contribution in [-0.4, -0.2) is 28.1 Å². The normalized spacial score (nSPS) is 23.0. The van der Waals surface area contributed by atoms with Gasteiger partial charge in [0.1, 0.15) is 10.6 Å². The van der Waals surface area contributed by atoms with Crippen LogP contribution in [0, 0.1) is 5.92 Å². The molecule has 2 unspecified atom stereocenters. The molecule has 1 aromatic carbocycles. The summed E-state index contributed by atoms with van der Waals surface area (Å²) < 4.78 is 33.9. The summed E-state index contributed by atoms with van der Waals surface area (Å²) in [5, 5.41) is 0. The van der Waals surface area contributed by atoms with E-state index in [4.69, 9.17) is 10.5 Å². The van der Waals surface area contributed by atoms with Gasteiger partial charge in [0.15, 0.2) is 0 Å². The van der Waals surface area contributed by atoms with Crippen LogP contribution in [-0.2, 0) is 10.0 Å².